The van der Waals surface area contributed by atoms with Gasteiger partial charge in [-0.3, -0.25) is 15.1 Å². The van der Waals surface area contributed by atoms with E-state index >= 15 is 0 Å². The van der Waals surface area contributed by atoms with Crippen LogP contribution in [0.4, 0.5) is 5.69 Å². The summed E-state index contributed by atoms with van der Waals surface area (Å²) in [7, 11) is 1.32. The zero-order chi connectivity index (χ0) is 12.6. The SMILES string of the molecule is COc1c([N+](=O)[O-])ccc2c(O)c(Br)cnc12. The third-order valence-electron chi connectivity index (χ3n) is 2.30. The minimum Gasteiger partial charge on any atom is -0.506 e. The van der Waals surface area contributed by atoms with Gasteiger partial charge < -0.3 is 9.84 Å². The third-order valence-corrected chi connectivity index (χ3v) is 2.88. The van der Waals surface area contributed by atoms with Crippen molar-refractivity contribution in [3.8, 4) is 11.5 Å². The largest absolute Gasteiger partial charge is 0.506 e. The molecule has 0 radical (unpaired) electrons. The van der Waals surface area contributed by atoms with Gasteiger partial charge in [-0.2, -0.15) is 0 Å². The molecule has 0 aliphatic carbocycles. The highest BCUT2D eigenvalue weighted by molar-refractivity contribution is 9.10. The number of halogens is 1. The van der Waals surface area contributed by atoms with Gasteiger partial charge in [-0.25, -0.2) is 0 Å². The number of nitro benzene ring substituents is 1. The normalized spacial score (nSPS) is 10.5. The number of nitrogens with zero attached hydrogens (tertiary/aromatic N) is 2. The van der Waals surface area contributed by atoms with Gasteiger partial charge in [0, 0.05) is 17.6 Å². The zero-order valence-corrected chi connectivity index (χ0v) is 10.3. The maximum atomic E-state index is 10.8. The minimum absolute atomic E-state index is 0.0248. The monoisotopic (exact) mass is 298 g/mol. The van der Waals surface area contributed by atoms with Crippen LogP contribution in [0.15, 0.2) is 22.8 Å². The van der Waals surface area contributed by atoms with Gasteiger partial charge in [-0.05, 0) is 22.0 Å². The molecule has 6 nitrogen and oxygen atoms in total. The van der Waals surface area contributed by atoms with E-state index in [2.05, 4.69) is 20.9 Å². The van der Waals surface area contributed by atoms with Crippen molar-refractivity contribution in [3.63, 3.8) is 0 Å². The summed E-state index contributed by atoms with van der Waals surface area (Å²) in [6, 6.07) is 2.71. The number of aromatic nitrogens is 1. The van der Waals surface area contributed by atoms with E-state index in [0.29, 0.717) is 9.86 Å². The molecule has 0 fully saturated rings. The number of nitro groups is 1. The predicted molar refractivity (Wildman–Crippen MR) is 64.3 cm³/mol. The van der Waals surface area contributed by atoms with E-state index in [9.17, 15) is 15.2 Å². The van der Waals surface area contributed by atoms with Gasteiger partial charge in [0.05, 0.1) is 16.5 Å². The van der Waals surface area contributed by atoms with Crippen molar-refractivity contribution in [1.82, 2.24) is 4.98 Å². The van der Waals surface area contributed by atoms with Crippen LogP contribution in [0.3, 0.4) is 0 Å². The van der Waals surface area contributed by atoms with Crippen LogP contribution in [-0.2, 0) is 0 Å². The smallest absolute Gasteiger partial charge is 0.313 e. The summed E-state index contributed by atoms with van der Waals surface area (Å²) in [4.78, 5) is 14.3. The van der Waals surface area contributed by atoms with Gasteiger partial charge in [-0.1, -0.05) is 0 Å². The van der Waals surface area contributed by atoms with Gasteiger partial charge in [0.25, 0.3) is 0 Å². The topological polar surface area (TPSA) is 85.5 Å². The minimum atomic E-state index is -0.557. The number of benzene rings is 1. The maximum Gasteiger partial charge on any atom is 0.313 e. The summed E-state index contributed by atoms with van der Waals surface area (Å²) in [6.45, 7) is 0. The van der Waals surface area contributed by atoms with E-state index in [0.717, 1.165) is 0 Å². The first kappa shape index (κ1) is 11.6. The van der Waals surface area contributed by atoms with E-state index in [1.165, 1.54) is 25.4 Å². The lowest BCUT2D eigenvalue weighted by molar-refractivity contribution is -0.385. The third kappa shape index (κ3) is 1.78. The molecule has 2 aromatic rings. The van der Waals surface area contributed by atoms with E-state index < -0.39 is 4.92 Å². The highest BCUT2D eigenvalue weighted by atomic mass is 79.9. The van der Waals surface area contributed by atoms with Crippen molar-refractivity contribution in [2.24, 2.45) is 0 Å². The Bertz CT molecular complexity index is 615. The Morgan fingerprint density at radius 1 is 1.53 bits per heavy atom. The first-order chi connectivity index (χ1) is 8.06. The van der Waals surface area contributed by atoms with Crippen LogP contribution in [0.2, 0.25) is 0 Å². The van der Waals surface area contributed by atoms with E-state index in [4.69, 9.17) is 4.74 Å². The molecular weight excluding hydrogens is 292 g/mol. The van der Waals surface area contributed by atoms with E-state index in [1.54, 1.807) is 0 Å². The van der Waals surface area contributed by atoms with Crippen LogP contribution in [0.25, 0.3) is 10.9 Å². The van der Waals surface area contributed by atoms with Crippen LogP contribution >= 0.6 is 15.9 Å². The quantitative estimate of drug-likeness (QED) is 0.680. The van der Waals surface area contributed by atoms with Crippen molar-refractivity contribution < 1.29 is 14.8 Å². The molecule has 1 aromatic heterocycles. The number of pyridine rings is 1. The summed E-state index contributed by atoms with van der Waals surface area (Å²) in [5.41, 5.74) is 0.0663. The Hall–Kier alpha value is -1.89. The van der Waals surface area contributed by atoms with Crippen LogP contribution in [0.1, 0.15) is 0 Å². The van der Waals surface area contributed by atoms with Crippen molar-refractivity contribution >= 4 is 32.5 Å². The molecule has 0 aliphatic rings. The Labute approximate surface area is 104 Å². The van der Waals surface area contributed by atoms with Crippen LogP contribution in [-0.4, -0.2) is 22.1 Å². The zero-order valence-electron chi connectivity index (χ0n) is 8.68. The van der Waals surface area contributed by atoms with Gasteiger partial charge in [0.15, 0.2) is 0 Å². The Balaban J connectivity index is 2.88. The predicted octanol–water partition coefficient (Wildman–Crippen LogP) is 2.62. The molecule has 17 heavy (non-hydrogen) atoms. The molecule has 0 saturated carbocycles. The van der Waals surface area contributed by atoms with Crippen molar-refractivity contribution in [1.29, 1.82) is 0 Å². The van der Waals surface area contributed by atoms with Crippen LogP contribution < -0.4 is 4.74 Å². The molecule has 1 heterocycles. The first-order valence-corrected chi connectivity index (χ1v) is 5.34. The van der Waals surface area contributed by atoms with E-state index in [-0.39, 0.29) is 22.7 Å². The molecule has 7 heteroatoms. The molecule has 1 aromatic carbocycles. The maximum absolute atomic E-state index is 10.8. The number of hydrogen-bond donors (Lipinski definition) is 1. The number of fused-ring (bicyclic) bond motifs is 1. The second-order valence-corrected chi connectivity index (χ2v) is 4.08. The molecule has 88 valence electrons. The number of methoxy groups -OCH3 is 1. The lowest BCUT2D eigenvalue weighted by Crippen LogP contribution is -1.96. The Morgan fingerprint density at radius 3 is 2.82 bits per heavy atom. The average Bonchev–Trinajstić information content (AvgIpc) is 2.32. The molecule has 2 rings (SSSR count). The lowest BCUT2D eigenvalue weighted by Gasteiger charge is -2.07. The summed E-state index contributed by atoms with van der Waals surface area (Å²) in [6.07, 6.45) is 1.36. The fraction of sp³-hybridized carbons (Fsp3) is 0.100. The van der Waals surface area contributed by atoms with Gasteiger partial charge >= 0.3 is 5.69 Å². The lowest BCUT2D eigenvalue weighted by atomic mass is 10.1. The highest BCUT2D eigenvalue weighted by Gasteiger charge is 2.20. The molecule has 0 aliphatic heterocycles. The summed E-state index contributed by atoms with van der Waals surface area (Å²) >= 11 is 3.12. The molecule has 1 N–H and O–H groups in total. The number of aromatic hydroxyl groups is 1. The average molecular weight is 299 g/mol. The molecule has 0 bridgehead atoms. The van der Waals surface area contributed by atoms with Crippen molar-refractivity contribution in [3.05, 3.63) is 32.9 Å². The van der Waals surface area contributed by atoms with E-state index in [1.807, 2.05) is 0 Å². The fourth-order valence-corrected chi connectivity index (χ4v) is 1.85. The fourth-order valence-electron chi connectivity index (χ4n) is 1.54. The molecule has 0 amide bonds. The van der Waals surface area contributed by atoms with Gasteiger partial charge in [-0.15, -0.1) is 0 Å². The summed E-state index contributed by atoms with van der Waals surface area (Å²) in [5, 5.41) is 21.0. The molecule has 0 unspecified atom stereocenters. The number of rotatable bonds is 2. The van der Waals surface area contributed by atoms with Crippen molar-refractivity contribution in [2.45, 2.75) is 0 Å². The Kier molecular flexibility index (Phi) is 2.84. The molecular formula is C10H7BrN2O4. The van der Waals surface area contributed by atoms with Crippen molar-refractivity contribution in [2.75, 3.05) is 7.11 Å². The highest BCUT2D eigenvalue weighted by Crippen LogP contribution is 2.39. The first-order valence-electron chi connectivity index (χ1n) is 4.54. The van der Waals surface area contributed by atoms with Crippen LogP contribution in [0, 0.1) is 10.1 Å². The standard InChI is InChI=1S/C10H7BrN2O4/c1-17-10-7(13(15)16)3-2-5-8(10)12-4-6(11)9(5)14/h2-4H,1H3,(H,12,14). The second kappa shape index (κ2) is 4.17. The van der Waals surface area contributed by atoms with Crippen LogP contribution in [0.5, 0.6) is 11.5 Å². The molecule has 0 atom stereocenters. The Morgan fingerprint density at radius 2 is 2.24 bits per heavy atom. The second-order valence-electron chi connectivity index (χ2n) is 3.23. The number of hydrogen-bond acceptors (Lipinski definition) is 5. The van der Waals surface area contributed by atoms with Gasteiger partial charge in [0.2, 0.25) is 5.75 Å². The number of ether oxygens (including phenoxy) is 1. The summed E-state index contributed by atoms with van der Waals surface area (Å²) in [5.74, 6) is 0.0125. The molecule has 0 saturated heterocycles. The van der Waals surface area contributed by atoms with Gasteiger partial charge in [0.1, 0.15) is 11.3 Å². The molecule has 0 spiro atoms. The summed E-state index contributed by atoms with van der Waals surface area (Å²) < 4.78 is 5.40.